The van der Waals surface area contributed by atoms with Gasteiger partial charge >= 0.3 is 0 Å². The number of ether oxygens (including phenoxy) is 1. The Bertz CT molecular complexity index is 780. The number of hydrogen-bond acceptors (Lipinski definition) is 4. The predicted molar refractivity (Wildman–Crippen MR) is 105 cm³/mol. The molecule has 2 aromatic rings. The van der Waals surface area contributed by atoms with Gasteiger partial charge in [0, 0.05) is 23.5 Å². The summed E-state index contributed by atoms with van der Waals surface area (Å²) in [7, 11) is 1.59. The van der Waals surface area contributed by atoms with E-state index in [2.05, 4.69) is 5.32 Å². The Labute approximate surface area is 157 Å². The fourth-order valence-electron chi connectivity index (χ4n) is 2.90. The molecule has 1 heterocycles. The molecule has 2 amide bonds. The lowest BCUT2D eigenvalue weighted by Crippen LogP contribution is -2.35. The lowest BCUT2D eigenvalue weighted by molar-refractivity contribution is -0.119. The molecular weight excluding hydrogens is 348 g/mol. The Morgan fingerprint density at radius 2 is 2.00 bits per heavy atom. The van der Waals surface area contributed by atoms with Crippen molar-refractivity contribution in [3.05, 3.63) is 48.5 Å². The lowest BCUT2D eigenvalue weighted by Gasteiger charge is -2.28. The van der Waals surface area contributed by atoms with Crippen LogP contribution in [0.5, 0.6) is 5.75 Å². The van der Waals surface area contributed by atoms with Crippen LogP contribution < -0.4 is 15.0 Å². The Morgan fingerprint density at radius 3 is 2.73 bits per heavy atom. The first-order valence-corrected chi connectivity index (χ1v) is 9.62. The monoisotopic (exact) mass is 370 g/mol. The van der Waals surface area contributed by atoms with Gasteiger partial charge in [0.1, 0.15) is 5.75 Å². The third-order valence-electron chi connectivity index (χ3n) is 4.19. The summed E-state index contributed by atoms with van der Waals surface area (Å²) in [4.78, 5) is 27.3. The summed E-state index contributed by atoms with van der Waals surface area (Å²) in [6.07, 6.45) is 2.44. The van der Waals surface area contributed by atoms with Gasteiger partial charge in [-0.3, -0.25) is 9.59 Å². The third kappa shape index (κ3) is 4.58. The van der Waals surface area contributed by atoms with Crippen LogP contribution in [0.3, 0.4) is 0 Å². The van der Waals surface area contributed by atoms with E-state index >= 15 is 0 Å². The molecule has 0 spiro atoms. The van der Waals surface area contributed by atoms with Crippen LogP contribution in [-0.4, -0.2) is 31.2 Å². The molecule has 2 aromatic carbocycles. The largest absolute Gasteiger partial charge is 0.495 e. The van der Waals surface area contributed by atoms with Crippen molar-refractivity contribution in [3.63, 3.8) is 0 Å². The molecular formula is C20H22N2O3S. The van der Waals surface area contributed by atoms with E-state index in [9.17, 15) is 9.59 Å². The van der Waals surface area contributed by atoms with Crippen molar-refractivity contribution >= 4 is 35.0 Å². The van der Waals surface area contributed by atoms with Crippen molar-refractivity contribution < 1.29 is 14.3 Å². The predicted octanol–water partition coefficient (Wildman–Crippen LogP) is 3.94. The van der Waals surface area contributed by atoms with Crippen LogP contribution in [0.2, 0.25) is 0 Å². The second kappa shape index (κ2) is 8.76. The number of carbonyl (C=O) groups is 2. The molecule has 1 aliphatic rings. The molecule has 0 aromatic heterocycles. The summed E-state index contributed by atoms with van der Waals surface area (Å²) in [6.45, 7) is 0.677. The maximum Gasteiger partial charge on any atom is 0.234 e. The Hall–Kier alpha value is -2.47. The van der Waals surface area contributed by atoms with Crippen molar-refractivity contribution in [1.29, 1.82) is 0 Å². The van der Waals surface area contributed by atoms with Crippen molar-refractivity contribution in [2.75, 3.05) is 29.6 Å². The van der Waals surface area contributed by atoms with E-state index in [1.165, 1.54) is 11.8 Å². The molecule has 1 aliphatic heterocycles. The minimum atomic E-state index is -0.0834. The minimum Gasteiger partial charge on any atom is -0.495 e. The molecule has 0 atom stereocenters. The zero-order chi connectivity index (χ0) is 18.4. The maximum absolute atomic E-state index is 12.2. The van der Waals surface area contributed by atoms with Crippen LogP contribution in [0.1, 0.15) is 19.3 Å². The van der Waals surface area contributed by atoms with Gasteiger partial charge < -0.3 is 15.0 Å². The lowest BCUT2D eigenvalue weighted by atomic mass is 10.1. The van der Waals surface area contributed by atoms with E-state index in [4.69, 9.17) is 4.74 Å². The fraction of sp³-hybridized carbons (Fsp3) is 0.300. The quantitative estimate of drug-likeness (QED) is 0.783. The summed E-state index contributed by atoms with van der Waals surface area (Å²) < 4.78 is 5.40. The van der Waals surface area contributed by atoms with Crippen LogP contribution in [-0.2, 0) is 9.59 Å². The van der Waals surface area contributed by atoms with Gasteiger partial charge in [-0.15, -0.1) is 11.8 Å². The Balaban J connectivity index is 1.69. The van der Waals surface area contributed by atoms with E-state index in [1.54, 1.807) is 24.1 Å². The van der Waals surface area contributed by atoms with Gasteiger partial charge in [-0.25, -0.2) is 0 Å². The first-order valence-electron chi connectivity index (χ1n) is 8.63. The molecule has 0 saturated carbocycles. The number of piperidine rings is 1. The molecule has 1 saturated heterocycles. The third-order valence-corrected chi connectivity index (χ3v) is 5.20. The van der Waals surface area contributed by atoms with Gasteiger partial charge in [-0.2, -0.15) is 0 Å². The number of rotatable bonds is 6. The normalized spacial score (nSPS) is 14.2. The van der Waals surface area contributed by atoms with Gasteiger partial charge in [0.05, 0.1) is 18.6 Å². The molecule has 5 nitrogen and oxygen atoms in total. The fourth-order valence-corrected chi connectivity index (χ4v) is 3.62. The summed E-state index contributed by atoms with van der Waals surface area (Å²) >= 11 is 1.49. The highest BCUT2D eigenvalue weighted by atomic mass is 32.2. The first-order chi connectivity index (χ1) is 12.7. The van der Waals surface area contributed by atoms with E-state index in [1.807, 2.05) is 36.4 Å². The van der Waals surface area contributed by atoms with Crippen molar-refractivity contribution in [3.8, 4) is 5.75 Å². The van der Waals surface area contributed by atoms with Gasteiger partial charge in [0.2, 0.25) is 11.8 Å². The van der Waals surface area contributed by atoms with Crippen LogP contribution >= 0.6 is 11.8 Å². The minimum absolute atomic E-state index is 0.0834. The number of amides is 2. The number of nitrogens with one attached hydrogen (secondary N) is 1. The first kappa shape index (κ1) is 18.3. The van der Waals surface area contributed by atoms with Gasteiger partial charge in [-0.1, -0.05) is 18.2 Å². The molecule has 136 valence electrons. The molecule has 1 N–H and O–H groups in total. The van der Waals surface area contributed by atoms with E-state index < -0.39 is 0 Å². The molecule has 6 heteroatoms. The maximum atomic E-state index is 12.2. The number of thioether (sulfide) groups is 1. The second-order valence-corrected chi connectivity index (χ2v) is 7.09. The Morgan fingerprint density at radius 1 is 1.19 bits per heavy atom. The highest BCUT2D eigenvalue weighted by Crippen LogP contribution is 2.33. The van der Waals surface area contributed by atoms with Crippen LogP contribution in [0.4, 0.5) is 11.4 Å². The SMILES string of the molecule is COc1ccc(NC(=O)CSc2ccccc2)cc1N1CCCCC1=O. The van der Waals surface area contributed by atoms with Crippen LogP contribution in [0.25, 0.3) is 0 Å². The highest BCUT2D eigenvalue weighted by Gasteiger charge is 2.23. The average Bonchev–Trinajstić information content (AvgIpc) is 2.67. The summed E-state index contributed by atoms with van der Waals surface area (Å²) in [5.74, 6) is 0.975. The summed E-state index contributed by atoms with van der Waals surface area (Å²) in [5, 5.41) is 2.90. The number of anilines is 2. The Kier molecular flexibility index (Phi) is 6.17. The smallest absolute Gasteiger partial charge is 0.234 e. The highest BCUT2D eigenvalue weighted by molar-refractivity contribution is 8.00. The number of methoxy groups -OCH3 is 1. The van der Waals surface area contributed by atoms with Gasteiger partial charge in [0.25, 0.3) is 0 Å². The zero-order valence-corrected chi connectivity index (χ0v) is 15.6. The van der Waals surface area contributed by atoms with Gasteiger partial charge in [0.15, 0.2) is 0 Å². The van der Waals surface area contributed by atoms with E-state index in [0.29, 0.717) is 35.8 Å². The summed E-state index contributed by atoms with van der Waals surface area (Å²) in [6, 6.07) is 15.2. The van der Waals surface area contributed by atoms with Gasteiger partial charge in [-0.05, 0) is 43.2 Å². The number of hydrogen-bond donors (Lipinski definition) is 1. The molecule has 3 rings (SSSR count). The molecule has 0 unspecified atom stereocenters. The number of carbonyl (C=O) groups excluding carboxylic acids is 2. The van der Waals surface area contributed by atoms with Crippen LogP contribution in [0, 0.1) is 0 Å². The average molecular weight is 370 g/mol. The van der Waals surface area contributed by atoms with Crippen LogP contribution in [0.15, 0.2) is 53.4 Å². The van der Waals surface area contributed by atoms with Crippen molar-refractivity contribution in [2.45, 2.75) is 24.2 Å². The van der Waals surface area contributed by atoms with Crippen molar-refractivity contribution in [2.24, 2.45) is 0 Å². The molecule has 0 aliphatic carbocycles. The topological polar surface area (TPSA) is 58.6 Å². The van der Waals surface area contributed by atoms with E-state index in [0.717, 1.165) is 17.7 Å². The van der Waals surface area contributed by atoms with E-state index in [-0.39, 0.29) is 11.8 Å². The molecule has 26 heavy (non-hydrogen) atoms. The molecule has 0 bridgehead atoms. The zero-order valence-electron chi connectivity index (χ0n) is 14.7. The summed E-state index contributed by atoms with van der Waals surface area (Å²) in [5.41, 5.74) is 1.38. The number of benzene rings is 2. The number of nitrogens with zero attached hydrogens (tertiary/aromatic N) is 1. The van der Waals surface area contributed by atoms with Crippen molar-refractivity contribution in [1.82, 2.24) is 0 Å². The second-order valence-electron chi connectivity index (χ2n) is 6.04. The molecule has 0 radical (unpaired) electrons. The standard InChI is InChI=1S/C20H22N2O3S/c1-25-18-11-10-15(13-17(18)22-12-6-5-9-20(22)24)21-19(23)14-26-16-7-3-2-4-8-16/h2-4,7-8,10-11,13H,5-6,9,12,14H2,1H3,(H,21,23). The molecule has 1 fully saturated rings.